The molecule has 1 aromatic carbocycles. The van der Waals surface area contributed by atoms with E-state index in [9.17, 15) is 0 Å². The Morgan fingerprint density at radius 2 is 1.89 bits per heavy atom. The van der Waals surface area contributed by atoms with Crippen LogP contribution in [0.25, 0.3) is 0 Å². The van der Waals surface area contributed by atoms with Crippen LogP contribution in [0, 0.1) is 6.92 Å². The molecular formula is C13H17N5. The second-order valence-corrected chi connectivity index (χ2v) is 4.29. The van der Waals surface area contributed by atoms with E-state index in [-0.39, 0.29) is 0 Å². The number of anilines is 4. The number of para-hydroxylation sites is 1. The molecule has 0 aliphatic rings. The normalized spacial score (nSPS) is 10.2. The predicted octanol–water partition coefficient (Wildman–Crippen LogP) is 2.18. The van der Waals surface area contributed by atoms with E-state index in [1.54, 1.807) is 0 Å². The maximum Gasteiger partial charge on any atom is 0.159 e. The standard InChI is InChI=1S/C13H17N5/c1-9-6-4-5-7-10(9)17-12-11(14)13(18(2)3)16-8-15-12/h4-8H,14H2,1-3H3,(H,15,16,17). The van der Waals surface area contributed by atoms with Crippen LogP contribution in [-0.4, -0.2) is 24.1 Å². The van der Waals surface area contributed by atoms with Gasteiger partial charge in [-0.25, -0.2) is 9.97 Å². The Labute approximate surface area is 107 Å². The molecule has 0 atom stereocenters. The topological polar surface area (TPSA) is 67.1 Å². The van der Waals surface area contributed by atoms with Crippen LogP contribution in [0.3, 0.4) is 0 Å². The maximum absolute atomic E-state index is 6.05. The predicted molar refractivity (Wildman–Crippen MR) is 75.2 cm³/mol. The summed E-state index contributed by atoms with van der Waals surface area (Å²) in [4.78, 5) is 10.2. The number of nitrogens with zero attached hydrogens (tertiary/aromatic N) is 3. The highest BCUT2D eigenvalue weighted by Gasteiger charge is 2.10. The minimum absolute atomic E-state index is 0.547. The monoisotopic (exact) mass is 243 g/mol. The van der Waals surface area contributed by atoms with Gasteiger partial charge in [0.25, 0.3) is 0 Å². The van der Waals surface area contributed by atoms with Gasteiger partial charge >= 0.3 is 0 Å². The van der Waals surface area contributed by atoms with Crippen molar-refractivity contribution in [2.45, 2.75) is 6.92 Å². The molecule has 1 aromatic heterocycles. The number of hydrogen-bond donors (Lipinski definition) is 2. The molecule has 0 aliphatic heterocycles. The molecular weight excluding hydrogens is 226 g/mol. The first-order valence-electron chi connectivity index (χ1n) is 5.70. The van der Waals surface area contributed by atoms with Crippen LogP contribution in [-0.2, 0) is 0 Å². The van der Waals surface area contributed by atoms with Crippen molar-refractivity contribution in [1.29, 1.82) is 0 Å². The van der Waals surface area contributed by atoms with E-state index in [1.165, 1.54) is 6.33 Å². The first-order valence-corrected chi connectivity index (χ1v) is 5.70. The van der Waals surface area contributed by atoms with Crippen LogP contribution in [0.5, 0.6) is 0 Å². The van der Waals surface area contributed by atoms with Crippen LogP contribution in [0.15, 0.2) is 30.6 Å². The molecule has 0 aliphatic carbocycles. The second kappa shape index (κ2) is 4.91. The highest BCUT2D eigenvalue weighted by Crippen LogP contribution is 2.28. The SMILES string of the molecule is Cc1ccccc1Nc1ncnc(N(C)C)c1N. The summed E-state index contributed by atoms with van der Waals surface area (Å²) in [7, 11) is 3.80. The summed E-state index contributed by atoms with van der Waals surface area (Å²) in [6.07, 6.45) is 1.51. The van der Waals surface area contributed by atoms with Gasteiger partial charge in [0, 0.05) is 19.8 Å². The lowest BCUT2D eigenvalue weighted by Gasteiger charge is -2.16. The summed E-state index contributed by atoms with van der Waals surface area (Å²) in [5, 5.41) is 3.23. The summed E-state index contributed by atoms with van der Waals surface area (Å²) in [5.41, 5.74) is 8.73. The Morgan fingerprint density at radius 3 is 2.56 bits per heavy atom. The fourth-order valence-corrected chi connectivity index (χ4v) is 1.68. The van der Waals surface area contributed by atoms with Gasteiger partial charge in [0.1, 0.15) is 12.0 Å². The molecule has 5 nitrogen and oxygen atoms in total. The zero-order valence-electron chi connectivity index (χ0n) is 10.8. The fourth-order valence-electron chi connectivity index (χ4n) is 1.68. The van der Waals surface area contributed by atoms with Crippen LogP contribution in [0.4, 0.5) is 23.0 Å². The number of hydrogen-bond acceptors (Lipinski definition) is 5. The summed E-state index contributed by atoms with van der Waals surface area (Å²) in [6.45, 7) is 2.03. The summed E-state index contributed by atoms with van der Waals surface area (Å²) in [5.74, 6) is 1.34. The third-order valence-electron chi connectivity index (χ3n) is 2.68. The Kier molecular flexibility index (Phi) is 3.32. The van der Waals surface area contributed by atoms with E-state index in [2.05, 4.69) is 15.3 Å². The van der Waals surface area contributed by atoms with Gasteiger partial charge in [0.05, 0.1) is 0 Å². The van der Waals surface area contributed by atoms with E-state index in [0.29, 0.717) is 17.3 Å². The third-order valence-corrected chi connectivity index (χ3v) is 2.68. The van der Waals surface area contributed by atoms with Gasteiger partial charge in [-0.1, -0.05) is 18.2 Å². The molecule has 0 saturated carbocycles. The minimum atomic E-state index is 0.547. The van der Waals surface area contributed by atoms with Crippen molar-refractivity contribution in [3.8, 4) is 0 Å². The van der Waals surface area contributed by atoms with Gasteiger partial charge in [-0.3, -0.25) is 0 Å². The van der Waals surface area contributed by atoms with Crippen molar-refractivity contribution in [2.24, 2.45) is 0 Å². The lowest BCUT2D eigenvalue weighted by atomic mass is 10.2. The van der Waals surface area contributed by atoms with Gasteiger partial charge in [-0.15, -0.1) is 0 Å². The lowest BCUT2D eigenvalue weighted by molar-refractivity contribution is 1.04. The molecule has 0 unspecified atom stereocenters. The quantitative estimate of drug-likeness (QED) is 0.864. The maximum atomic E-state index is 6.05. The largest absolute Gasteiger partial charge is 0.393 e. The van der Waals surface area contributed by atoms with Crippen molar-refractivity contribution in [3.05, 3.63) is 36.2 Å². The Bertz CT molecular complexity index is 551. The number of aryl methyl sites for hydroxylation is 1. The zero-order chi connectivity index (χ0) is 13.1. The number of nitrogens with two attached hydrogens (primary N) is 1. The smallest absolute Gasteiger partial charge is 0.159 e. The molecule has 2 aromatic rings. The Morgan fingerprint density at radius 1 is 1.17 bits per heavy atom. The van der Waals surface area contributed by atoms with Crippen LogP contribution >= 0.6 is 0 Å². The second-order valence-electron chi connectivity index (χ2n) is 4.29. The van der Waals surface area contributed by atoms with Crippen LogP contribution in [0.2, 0.25) is 0 Å². The number of benzene rings is 1. The van der Waals surface area contributed by atoms with Gasteiger partial charge in [-0.2, -0.15) is 0 Å². The first kappa shape index (κ1) is 12.2. The number of rotatable bonds is 3. The molecule has 5 heteroatoms. The molecule has 0 fully saturated rings. The number of aromatic nitrogens is 2. The fraction of sp³-hybridized carbons (Fsp3) is 0.231. The molecule has 0 radical (unpaired) electrons. The van der Waals surface area contributed by atoms with Crippen molar-refractivity contribution in [3.63, 3.8) is 0 Å². The minimum Gasteiger partial charge on any atom is -0.393 e. The summed E-state index contributed by atoms with van der Waals surface area (Å²) >= 11 is 0. The van der Waals surface area contributed by atoms with Gasteiger partial charge in [0.2, 0.25) is 0 Å². The lowest BCUT2D eigenvalue weighted by Crippen LogP contribution is -2.14. The number of nitrogen functional groups attached to an aromatic ring is 1. The van der Waals surface area contributed by atoms with Crippen molar-refractivity contribution >= 4 is 23.0 Å². The van der Waals surface area contributed by atoms with E-state index < -0.39 is 0 Å². The van der Waals surface area contributed by atoms with Crippen molar-refractivity contribution in [2.75, 3.05) is 30.0 Å². The average molecular weight is 243 g/mol. The van der Waals surface area contributed by atoms with E-state index in [4.69, 9.17) is 5.73 Å². The molecule has 3 N–H and O–H groups in total. The van der Waals surface area contributed by atoms with Crippen molar-refractivity contribution in [1.82, 2.24) is 9.97 Å². The van der Waals surface area contributed by atoms with E-state index in [1.807, 2.05) is 50.2 Å². The van der Waals surface area contributed by atoms with Gasteiger partial charge in [0.15, 0.2) is 11.6 Å². The first-order chi connectivity index (χ1) is 8.59. The highest BCUT2D eigenvalue weighted by molar-refractivity contribution is 5.78. The third kappa shape index (κ3) is 2.34. The van der Waals surface area contributed by atoms with Crippen molar-refractivity contribution < 1.29 is 0 Å². The zero-order valence-corrected chi connectivity index (χ0v) is 10.8. The summed E-state index contributed by atoms with van der Waals surface area (Å²) in [6, 6.07) is 7.99. The molecule has 18 heavy (non-hydrogen) atoms. The van der Waals surface area contributed by atoms with Crippen LogP contribution in [0.1, 0.15) is 5.56 Å². The molecule has 0 saturated heterocycles. The van der Waals surface area contributed by atoms with E-state index in [0.717, 1.165) is 11.3 Å². The van der Waals surface area contributed by atoms with Crippen LogP contribution < -0.4 is 16.0 Å². The average Bonchev–Trinajstić information content (AvgIpc) is 2.34. The molecule has 94 valence electrons. The Hall–Kier alpha value is -2.30. The highest BCUT2D eigenvalue weighted by atomic mass is 15.2. The molecule has 1 heterocycles. The molecule has 2 rings (SSSR count). The molecule has 0 spiro atoms. The molecule has 0 amide bonds. The Balaban J connectivity index is 2.36. The van der Waals surface area contributed by atoms with Gasteiger partial charge < -0.3 is 16.0 Å². The van der Waals surface area contributed by atoms with Gasteiger partial charge in [-0.05, 0) is 18.6 Å². The number of nitrogens with one attached hydrogen (secondary N) is 1. The summed E-state index contributed by atoms with van der Waals surface area (Å²) < 4.78 is 0. The molecule has 0 bridgehead atoms. The van der Waals surface area contributed by atoms with E-state index >= 15 is 0 Å².